The second kappa shape index (κ2) is 7.05. The molecule has 2 aliphatic rings. The molecule has 2 fully saturated rings. The number of hydrogen-bond acceptors (Lipinski definition) is 3. The maximum Gasteiger partial charge on any atom is 0.253 e. The van der Waals surface area contributed by atoms with Gasteiger partial charge in [0, 0.05) is 37.8 Å². The predicted octanol–water partition coefficient (Wildman–Crippen LogP) is 2.19. The van der Waals surface area contributed by atoms with E-state index in [1.807, 2.05) is 17.0 Å². The van der Waals surface area contributed by atoms with Crippen molar-refractivity contribution >= 4 is 5.91 Å². The number of ether oxygens (including phenoxy) is 1. The van der Waals surface area contributed by atoms with Crippen LogP contribution in [0.4, 0.5) is 0 Å². The lowest BCUT2D eigenvalue weighted by Gasteiger charge is -2.26. The van der Waals surface area contributed by atoms with Crippen LogP contribution < -0.4 is 5.32 Å². The number of nitrogens with zero attached hydrogens (tertiary/aromatic N) is 1. The van der Waals surface area contributed by atoms with Gasteiger partial charge in [-0.25, -0.2) is 0 Å². The van der Waals surface area contributed by atoms with Crippen molar-refractivity contribution in [2.45, 2.75) is 38.3 Å². The summed E-state index contributed by atoms with van der Waals surface area (Å²) in [5.41, 5.74) is 2.03. The lowest BCUT2D eigenvalue weighted by Crippen LogP contribution is -2.35. The number of rotatable bonds is 4. The van der Waals surface area contributed by atoms with Gasteiger partial charge in [0.2, 0.25) is 0 Å². The van der Waals surface area contributed by atoms with Crippen LogP contribution >= 0.6 is 0 Å². The fourth-order valence-corrected chi connectivity index (χ4v) is 3.00. The summed E-state index contributed by atoms with van der Waals surface area (Å²) < 4.78 is 5.35. The third-order valence-electron chi connectivity index (χ3n) is 4.37. The van der Waals surface area contributed by atoms with Crippen molar-refractivity contribution in [3.05, 3.63) is 35.4 Å². The van der Waals surface area contributed by atoms with Crippen LogP contribution in [-0.2, 0) is 11.3 Å². The van der Waals surface area contributed by atoms with Gasteiger partial charge in [-0.2, -0.15) is 0 Å². The number of carbonyl (C=O) groups excluding carboxylic acids is 1. The molecule has 2 heterocycles. The van der Waals surface area contributed by atoms with Gasteiger partial charge in [0.05, 0.1) is 6.61 Å². The van der Waals surface area contributed by atoms with Gasteiger partial charge in [-0.15, -0.1) is 0 Å². The number of hydrogen-bond donors (Lipinski definition) is 1. The van der Waals surface area contributed by atoms with Crippen LogP contribution in [0.3, 0.4) is 0 Å². The standard InChI is InChI=1S/C17H24N2O2/c20-17(19-9-2-1-3-10-19)15-6-4-14(5-7-15)12-18-16-8-11-21-13-16/h4-7,16,18H,1-3,8-13H2/t16-/m0/s1. The molecule has 0 spiro atoms. The molecule has 114 valence electrons. The molecule has 0 aliphatic carbocycles. The maximum atomic E-state index is 12.4. The zero-order valence-electron chi connectivity index (χ0n) is 12.5. The third-order valence-corrected chi connectivity index (χ3v) is 4.37. The molecule has 2 aliphatic heterocycles. The van der Waals surface area contributed by atoms with Gasteiger partial charge in [-0.05, 0) is 43.4 Å². The maximum absolute atomic E-state index is 12.4. The average molecular weight is 288 g/mol. The van der Waals surface area contributed by atoms with Gasteiger partial charge in [0.1, 0.15) is 0 Å². The topological polar surface area (TPSA) is 41.6 Å². The Hall–Kier alpha value is -1.39. The van der Waals surface area contributed by atoms with Crippen LogP contribution in [0.2, 0.25) is 0 Å². The summed E-state index contributed by atoms with van der Waals surface area (Å²) in [5.74, 6) is 0.179. The monoisotopic (exact) mass is 288 g/mol. The van der Waals surface area contributed by atoms with E-state index in [1.165, 1.54) is 12.0 Å². The lowest BCUT2D eigenvalue weighted by molar-refractivity contribution is 0.0724. The molecule has 1 N–H and O–H groups in total. The second-order valence-corrected chi connectivity index (χ2v) is 5.99. The Morgan fingerprint density at radius 2 is 1.95 bits per heavy atom. The Labute approximate surface area is 126 Å². The van der Waals surface area contributed by atoms with Crippen molar-refractivity contribution in [3.63, 3.8) is 0 Å². The number of piperidine rings is 1. The minimum absolute atomic E-state index is 0.179. The summed E-state index contributed by atoms with van der Waals surface area (Å²) in [5, 5.41) is 3.49. The molecule has 0 aromatic heterocycles. The highest BCUT2D eigenvalue weighted by atomic mass is 16.5. The smallest absolute Gasteiger partial charge is 0.253 e. The van der Waals surface area contributed by atoms with E-state index in [0.717, 1.165) is 57.7 Å². The Morgan fingerprint density at radius 1 is 1.19 bits per heavy atom. The number of amides is 1. The number of nitrogens with one attached hydrogen (secondary N) is 1. The fraction of sp³-hybridized carbons (Fsp3) is 0.588. The molecule has 2 saturated heterocycles. The molecule has 0 bridgehead atoms. The number of likely N-dealkylation sites (tertiary alicyclic amines) is 1. The zero-order chi connectivity index (χ0) is 14.5. The van der Waals surface area contributed by atoms with Crippen LogP contribution in [0.5, 0.6) is 0 Å². The van der Waals surface area contributed by atoms with Crippen molar-refractivity contribution in [2.24, 2.45) is 0 Å². The van der Waals surface area contributed by atoms with Gasteiger partial charge in [-0.3, -0.25) is 4.79 Å². The minimum atomic E-state index is 0.179. The van der Waals surface area contributed by atoms with E-state index in [2.05, 4.69) is 17.4 Å². The molecule has 4 nitrogen and oxygen atoms in total. The summed E-state index contributed by atoms with van der Waals surface area (Å²) in [6, 6.07) is 8.50. The molecule has 21 heavy (non-hydrogen) atoms. The first-order chi connectivity index (χ1) is 10.3. The SMILES string of the molecule is O=C(c1ccc(CN[C@H]2CCOC2)cc1)N1CCCCC1. The van der Waals surface area contributed by atoms with Crippen molar-refractivity contribution in [3.8, 4) is 0 Å². The highest BCUT2D eigenvalue weighted by Gasteiger charge is 2.18. The molecular weight excluding hydrogens is 264 g/mol. The van der Waals surface area contributed by atoms with E-state index in [-0.39, 0.29) is 5.91 Å². The van der Waals surface area contributed by atoms with Gasteiger partial charge in [0.25, 0.3) is 5.91 Å². The fourth-order valence-electron chi connectivity index (χ4n) is 3.00. The first kappa shape index (κ1) is 14.5. The number of carbonyl (C=O) groups is 1. The highest BCUT2D eigenvalue weighted by Crippen LogP contribution is 2.14. The number of benzene rings is 1. The molecular formula is C17H24N2O2. The van der Waals surface area contributed by atoms with E-state index in [9.17, 15) is 4.79 Å². The zero-order valence-corrected chi connectivity index (χ0v) is 12.5. The van der Waals surface area contributed by atoms with Crippen LogP contribution in [0.25, 0.3) is 0 Å². The molecule has 0 unspecified atom stereocenters. The third kappa shape index (κ3) is 3.83. The van der Waals surface area contributed by atoms with Crippen LogP contribution in [0.1, 0.15) is 41.6 Å². The minimum Gasteiger partial charge on any atom is -0.380 e. The molecule has 1 amide bonds. The highest BCUT2D eigenvalue weighted by molar-refractivity contribution is 5.94. The van der Waals surface area contributed by atoms with Crippen molar-refractivity contribution in [1.82, 2.24) is 10.2 Å². The molecule has 1 atom stereocenters. The Bertz CT molecular complexity index is 460. The predicted molar refractivity (Wildman–Crippen MR) is 82.3 cm³/mol. The first-order valence-electron chi connectivity index (χ1n) is 8.02. The summed E-state index contributed by atoms with van der Waals surface area (Å²) in [6.45, 7) is 4.33. The van der Waals surface area contributed by atoms with Crippen LogP contribution in [-0.4, -0.2) is 43.2 Å². The van der Waals surface area contributed by atoms with Crippen molar-refractivity contribution in [1.29, 1.82) is 0 Å². The molecule has 0 radical (unpaired) electrons. The normalized spacial score (nSPS) is 22.5. The lowest BCUT2D eigenvalue weighted by atomic mass is 10.1. The molecule has 1 aromatic carbocycles. The van der Waals surface area contributed by atoms with Crippen LogP contribution in [0.15, 0.2) is 24.3 Å². The van der Waals surface area contributed by atoms with E-state index in [1.54, 1.807) is 0 Å². The Morgan fingerprint density at radius 3 is 2.62 bits per heavy atom. The van der Waals surface area contributed by atoms with Gasteiger partial charge < -0.3 is 15.0 Å². The van der Waals surface area contributed by atoms with Gasteiger partial charge >= 0.3 is 0 Å². The van der Waals surface area contributed by atoms with Crippen LogP contribution in [0, 0.1) is 0 Å². The summed E-state index contributed by atoms with van der Waals surface area (Å²) in [4.78, 5) is 14.4. The Balaban J connectivity index is 1.54. The van der Waals surface area contributed by atoms with Gasteiger partial charge in [-0.1, -0.05) is 12.1 Å². The molecule has 1 aromatic rings. The van der Waals surface area contributed by atoms with E-state index >= 15 is 0 Å². The molecule has 0 saturated carbocycles. The molecule has 3 rings (SSSR count). The molecule has 4 heteroatoms. The summed E-state index contributed by atoms with van der Waals surface area (Å²) in [6.07, 6.45) is 4.61. The van der Waals surface area contributed by atoms with E-state index in [0.29, 0.717) is 6.04 Å². The van der Waals surface area contributed by atoms with Crippen molar-refractivity contribution < 1.29 is 9.53 Å². The summed E-state index contributed by atoms with van der Waals surface area (Å²) in [7, 11) is 0. The van der Waals surface area contributed by atoms with E-state index < -0.39 is 0 Å². The van der Waals surface area contributed by atoms with E-state index in [4.69, 9.17) is 4.74 Å². The van der Waals surface area contributed by atoms with Crippen molar-refractivity contribution in [2.75, 3.05) is 26.3 Å². The Kier molecular flexibility index (Phi) is 4.88. The second-order valence-electron chi connectivity index (χ2n) is 5.99. The van der Waals surface area contributed by atoms with Gasteiger partial charge in [0.15, 0.2) is 0 Å². The average Bonchev–Trinajstić information content (AvgIpc) is 3.07. The summed E-state index contributed by atoms with van der Waals surface area (Å²) >= 11 is 0. The quantitative estimate of drug-likeness (QED) is 0.923. The first-order valence-corrected chi connectivity index (χ1v) is 8.02. The largest absolute Gasteiger partial charge is 0.380 e.